The molecule has 212 valence electrons. The summed E-state index contributed by atoms with van der Waals surface area (Å²) >= 11 is 0. The number of likely N-dealkylation sites (tertiary alicyclic amines) is 1. The molecule has 3 aromatic carbocycles. The highest BCUT2D eigenvalue weighted by Gasteiger charge is 2.51. The van der Waals surface area contributed by atoms with Gasteiger partial charge in [-0.1, -0.05) is 78.9 Å². The van der Waals surface area contributed by atoms with Crippen molar-refractivity contribution in [3.63, 3.8) is 0 Å². The van der Waals surface area contributed by atoms with Crippen molar-refractivity contribution in [2.24, 2.45) is 0 Å². The molecule has 8 heteroatoms. The summed E-state index contributed by atoms with van der Waals surface area (Å²) in [7, 11) is 0. The molecule has 0 atom stereocenters. The van der Waals surface area contributed by atoms with E-state index in [1.54, 1.807) is 0 Å². The van der Waals surface area contributed by atoms with Crippen LogP contribution in [0.4, 0.5) is 4.79 Å². The zero-order valence-electron chi connectivity index (χ0n) is 23.0. The van der Waals surface area contributed by atoms with E-state index in [1.807, 2.05) is 42.5 Å². The number of fused-ring (bicyclic) bond motifs is 3. The molecule has 0 bridgehead atoms. The highest BCUT2D eigenvalue weighted by molar-refractivity contribution is 5.95. The molecule has 6 rings (SSSR count). The van der Waals surface area contributed by atoms with Crippen LogP contribution in [0.15, 0.2) is 78.9 Å². The molecule has 3 aliphatic rings. The van der Waals surface area contributed by atoms with Gasteiger partial charge in [-0.3, -0.25) is 9.69 Å². The fourth-order valence-corrected chi connectivity index (χ4v) is 6.43. The van der Waals surface area contributed by atoms with Gasteiger partial charge in [0.25, 0.3) is 0 Å². The first-order valence-corrected chi connectivity index (χ1v) is 14.3. The van der Waals surface area contributed by atoms with Crippen molar-refractivity contribution in [1.29, 1.82) is 0 Å². The van der Waals surface area contributed by atoms with Crippen LogP contribution in [0.1, 0.15) is 54.7 Å². The standard InChI is InChI=1S/C33H35N3O5/c37-29(34-33(30(38)39)15-8-16-33)32(17-19-36(20-18-32)21-23-9-2-1-3-10-23)35-31(40)41-22-28-26-13-6-4-11-24(26)25-12-5-7-14-27(25)28/h1-7,9-14,28H,8,15-22H2,(H,34,37)(H,35,40)(H,38,39). The molecular formula is C33H35N3O5. The normalized spacial score (nSPS) is 18.8. The SMILES string of the molecule is O=C(NC1(C(=O)NC2(C(=O)O)CCC2)CCN(Cc2ccccc2)CC1)OCC1c2ccccc2-c2ccccc21. The highest BCUT2D eigenvalue weighted by atomic mass is 16.5. The Labute approximate surface area is 239 Å². The molecule has 2 amide bonds. The van der Waals surface area contributed by atoms with E-state index in [9.17, 15) is 19.5 Å². The van der Waals surface area contributed by atoms with Gasteiger partial charge < -0.3 is 20.5 Å². The van der Waals surface area contributed by atoms with Gasteiger partial charge in [0.2, 0.25) is 5.91 Å². The molecule has 1 saturated heterocycles. The van der Waals surface area contributed by atoms with Crippen molar-refractivity contribution in [2.75, 3.05) is 19.7 Å². The van der Waals surface area contributed by atoms with Gasteiger partial charge in [0.1, 0.15) is 17.7 Å². The van der Waals surface area contributed by atoms with Crippen molar-refractivity contribution in [3.05, 3.63) is 95.6 Å². The van der Waals surface area contributed by atoms with E-state index in [0.717, 1.165) is 35.2 Å². The second-order valence-corrected chi connectivity index (χ2v) is 11.5. The van der Waals surface area contributed by atoms with Crippen molar-refractivity contribution >= 4 is 18.0 Å². The smallest absolute Gasteiger partial charge is 0.408 e. The summed E-state index contributed by atoms with van der Waals surface area (Å²) in [6, 6.07) is 26.4. The quantitative estimate of drug-likeness (QED) is 0.374. The van der Waals surface area contributed by atoms with Crippen LogP contribution >= 0.6 is 0 Å². The van der Waals surface area contributed by atoms with E-state index in [0.29, 0.717) is 38.8 Å². The van der Waals surface area contributed by atoms with Gasteiger partial charge in [0.05, 0.1) is 0 Å². The van der Waals surface area contributed by atoms with Crippen molar-refractivity contribution in [3.8, 4) is 11.1 Å². The number of carboxylic acids is 1. The number of carbonyl (C=O) groups is 3. The van der Waals surface area contributed by atoms with Gasteiger partial charge in [0, 0.05) is 25.6 Å². The number of nitrogens with one attached hydrogen (secondary N) is 2. The van der Waals surface area contributed by atoms with Crippen LogP contribution in [0.3, 0.4) is 0 Å². The number of benzene rings is 3. The number of hydrogen-bond donors (Lipinski definition) is 3. The van der Waals surface area contributed by atoms with E-state index in [4.69, 9.17) is 4.74 Å². The lowest BCUT2D eigenvalue weighted by atomic mass is 9.75. The molecule has 2 aliphatic carbocycles. The second-order valence-electron chi connectivity index (χ2n) is 11.5. The lowest BCUT2D eigenvalue weighted by Gasteiger charge is -2.45. The molecular weight excluding hydrogens is 518 g/mol. The molecule has 3 N–H and O–H groups in total. The minimum Gasteiger partial charge on any atom is -0.480 e. The molecule has 0 spiro atoms. The summed E-state index contributed by atoms with van der Waals surface area (Å²) in [5.74, 6) is -1.58. The number of rotatable bonds is 8. The number of piperidine rings is 1. The third kappa shape index (κ3) is 5.20. The van der Waals surface area contributed by atoms with Crippen molar-refractivity contribution in [1.82, 2.24) is 15.5 Å². The molecule has 2 fully saturated rings. The lowest BCUT2D eigenvalue weighted by Crippen LogP contribution is -2.69. The summed E-state index contributed by atoms with van der Waals surface area (Å²) in [6.45, 7) is 2.03. The van der Waals surface area contributed by atoms with E-state index in [1.165, 1.54) is 5.56 Å². The van der Waals surface area contributed by atoms with Gasteiger partial charge in [0.15, 0.2) is 0 Å². The predicted octanol–water partition coefficient (Wildman–Crippen LogP) is 4.68. The molecule has 0 unspecified atom stereocenters. The van der Waals surface area contributed by atoms with E-state index < -0.39 is 29.0 Å². The Kier molecular flexibility index (Phi) is 7.26. The molecule has 41 heavy (non-hydrogen) atoms. The predicted molar refractivity (Wildman–Crippen MR) is 154 cm³/mol. The molecule has 8 nitrogen and oxygen atoms in total. The Morgan fingerprint density at radius 1 is 0.780 bits per heavy atom. The molecule has 1 saturated carbocycles. The number of aliphatic carboxylic acids is 1. The maximum Gasteiger partial charge on any atom is 0.408 e. The van der Waals surface area contributed by atoms with Crippen LogP contribution in [0.25, 0.3) is 11.1 Å². The van der Waals surface area contributed by atoms with Crippen LogP contribution in [-0.2, 0) is 20.9 Å². The largest absolute Gasteiger partial charge is 0.480 e. The van der Waals surface area contributed by atoms with E-state index in [2.05, 4.69) is 51.9 Å². The van der Waals surface area contributed by atoms with Crippen molar-refractivity contribution < 1.29 is 24.2 Å². The zero-order valence-corrected chi connectivity index (χ0v) is 23.0. The minimum absolute atomic E-state index is 0.101. The fraction of sp³-hybridized carbons (Fsp3) is 0.364. The molecule has 1 heterocycles. The average molecular weight is 554 g/mol. The number of ether oxygens (including phenoxy) is 1. The maximum atomic E-state index is 13.8. The molecule has 3 aromatic rings. The summed E-state index contributed by atoms with van der Waals surface area (Å²) in [6.07, 6.45) is 1.54. The van der Waals surface area contributed by atoms with E-state index in [-0.39, 0.29) is 12.5 Å². The molecule has 1 aliphatic heterocycles. The van der Waals surface area contributed by atoms with Crippen LogP contribution < -0.4 is 10.6 Å². The van der Waals surface area contributed by atoms with Crippen LogP contribution in [0.5, 0.6) is 0 Å². The number of alkyl carbamates (subject to hydrolysis) is 1. The Morgan fingerprint density at radius 2 is 1.37 bits per heavy atom. The lowest BCUT2D eigenvalue weighted by molar-refractivity contribution is -0.153. The third-order valence-electron chi connectivity index (χ3n) is 9.05. The summed E-state index contributed by atoms with van der Waals surface area (Å²) in [5.41, 5.74) is 3.14. The minimum atomic E-state index is -1.27. The first-order chi connectivity index (χ1) is 19.9. The number of nitrogens with zero attached hydrogens (tertiary/aromatic N) is 1. The molecule has 0 aromatic heterocycles. The summed E-state index contributed by atoms with van der Waals surface area (Å²) < 4.78 is 5.80. The Hall–Kier alpha value is -4.17. The highest BCUT2D eigenvalue weighted by Crippen LogP contribution is 2.44. The Balaban J connectivity index is 1.17. The number of hydrogen-bond acceptors (Lipinski definition) is 5. The average Bonchev–Trinajstić information content (AvgIpc) is 3.29. The topological polar surface area (TPSA) is 108 Å². The van der Waals surface area contributed by atoms with Crippen molar-refractivity contribution in [2.45, 2.75) is 55.6 Å². The summed E-state index contributed by atoms with van der Waals surface area (Å²) in [4.78, 5) is 41.3. The number of amides is 2. The number of carbonyl (C=O) groups excluding carboxylic acids is 2. The van der Waals surface area contributed by atoms with Crippen LogP contribution in [-0.4, -0.2) is 58.8 Å². The fourth-order valence-electron chi connectivity index (χ4n) is 6.43. The van der Waals surface area contributed by atoms with E-state index >= 15 is 0 Å². The van der Waals surface area contributed by atoms with Gasteiger partial charge in [-0.25, -0.2) is 9.59 Å². The molecule has 0 radical (unpaired) electrons. The first-order valence-electron chi connectivity index (χ1n) is 14.3. The Bertz CT molecular complexity index is 1400. The monoisotopic (exact) mass is 553 g/mol. The van der Waals surface area contributed by atoms with Gasteiger partial charge in [-0.15, -0.1) is 0 Å². The van der Waals surface area contributed by atoms with Gasteiger partial charge in [-0.05, 0) is 59.9 Å². The zero-order chi connectivity index (χ0) is 28.5. The first kappa shape index (κ1) is 27.0. The van der Waals surface area contributed by atoms with Gasteiger partial charge in [-0.2, -0.15) is 0 Å². The second kappa shape index (κ2) is 11.0. The number of carboxylic acid groups (broad SMARTS) is 1. The third-order valence-corrected chi connectivity index (χ3v) is 9.05. The van der Waals surface area contributed by atoms with Crippen LogP contribution in [0, 0.1) is 0 Å². The van der Waals surface area contributed by atoms with Gasteiger partial charge >= 0.3 is 12.1 Å². The van der Waals surface area contributed by atoms with Crippen LogP contribution in [0.2, 0.25) is 0 Å². The summed E-state index contributed by atoms with van der Waals surface area (Å²) in [5, 5.41) is 15.5. The maximum absolute atomic E-state index is 13.8. The Morgan fingerprint density at radius 3 is 1.93 bits per heavy atom.